The molecule has 1 aromatic carbocycles. The largest absolute Gasteiger partial charge is 0.494 e. The van der Waals surface area contributed by atoms with Crippen molar-refractivity contribution in [3.05, 3.63) is 29.6 Å². The van der Waals surface area contributed by atoms with Crippen LogP contribution in [0.3, 0.4) is 0 Å². The Bertz CT molecular complexity index is 577. The van der Waals surface area contributed by atoms with Crippen molar-refractivity contribution in [2.45, 2.75) is 71.8 Å². The van der Waals surface area contributed by atoms with E-state index in [1.54, 1.807) is 0 Å². The molecule has 3 rings (SSSR count). The maximum absolute atomic E-state index is 12.5. The van der Waals surface area contributed by atoms with E-state index >= 15 is 0 Å². The van der Waals surface area contributed by atoms with Gasteiger partial charge in [-0.25, -0.2) is 13.2 Å². The molecule has 2 fully saturated rings. The SMILES string of the molecule is C.CC1CCC(C2CCC(OCF)CC2)CC1.COc1ccc(F)c(F)c1F.[HH].[HH]. The van der Waals surface area contributed by atoms with Crippen LogP contribution >= 0.6 is 0 Å². The summed E-state index contributed by atoms with van der Waals surface area (Å²) in [6.45, 7) is 1.78. The molecule has 2 saturated carbocycles. The molecule has 0 saturated heterocycles. The first-order valence-corrected chi connectivity index (χ1v) is 9.81. The molecular formula is C22H38F4O2. The maximum Gasteiger partial charge on any atom is 0.203 e. The van der Waals surface area contributed by atoms with Crippen molar-refractivity contribution in [1.29, 1.82) is 0 Å². The molecule has 6 heteroatoms. The zero-order chi connectivity index (χ0) is 19.8. The van der Waals surface area contributed by atoms with Crippen LogP contribution < -0.4 is 4.74 Å². The van der Waals surface area contributed by atoms with Crippen molar-refractivity contribution < 1.29 is 29.9 Å². The predicted molar refractivity (Wildman–Crippen MR) is 108 cm³/mol. The second-order valence-electron chi connectivity index (χ2n) is 7.71. The van der Waals surface area contributed by atoms with Crippen LogP contribution in [0, 0.1) is 35.2 Å². The van der Waals surface area contributed by atoms with Crippen molar-refractivity contribution in [2.24, 2.45) is 17.8 Å². The van der Waals surface area contributed by atoms with Gasteiger partial charge in [-0.1, -0.05) is 27.2 Å². The van der Waals surface area contributed by atoms with Crippen LogP contribution in [0.25, 0.3) is 0 Å². The average Bonchev–Trinajstić information content (AvgIpc) is 2.68. The van der Waals surface area contributed by atoms with Crippen LogP contribution in [0.5, 0.6) is 5.75 Å². The van der Waals surface area contributed by atoms with Gasteiger partial charge in [0.05, 0.1) is 13.2 Å². The summed E-state index contributed by atoms with van der Waals surface area (Å²) in [5, 5.41) is 0. The summed E-state index contributed by atoms with van der Waals surface area (Å²) in [6.07, 6.45) is 10.6. The van der Waals surface area contributed by atoms with Gasteiger partial charge in [0.2, 0.25) is 5.82 Å². The molecule has 0 aliphatic heterocycles. The van der Waals surface area contributed by atoms with E-state index in [0.29, 0.717) is 0 Å². The summed E-state index contributed by atoms with van der Waals surface area (Å²) < 4.78 is 58.6. The van der Waals surface area contributed by atoms with E-state index in [1.165, 1.54) is 45.6 Å². The fourth-order valence-corrected chi connectivity index (χ4v) is 4.24. The molecule has 28 heavy (non-hydrogen) atoms. The summed E-state index contributed by atoms with van der Waals surface area (Å²) in [4.78, 5) is 0. The molecular weight excluding hydrogens is 372 g/mol. The Morgan fingerprint density at radius 2 is 1.43 bits per heavy atom. The summed E-state index contributed by atoms with van der Waals surface area (Å²) in [5.41, 5.74) is 0. The minimum atomic E-state index is -1.51. The van der Waals surface area contributed by atoms with Crippen LogP contribution in [0.4, 0.5) is 17.6 Å². The molecule has 0 aromatic heterocycles. The van der Waals surface area contributed by atoms with Gasteiger partial charge < -0.3 is 9.47 Å². The van der Waals surface area contributed by atoms with Crippen LogP contribution in [0.1, 0.15) is 68.6 Å². The number of halogens is 4. The molecule has 0 radical (unpaired) electrons. The molecule has 2 aliphatic carbocycles. The van der Waals surface area contributed by atoms with Crippen LogP contribution in [0.15, 0.2) is 12.1 Å². The van der Waals surface area contributed by atoms with Gasteiger partial charge in [-0.3, -0.25) is 0 Å². The Balaban J connectivity index is 0. The molecule has 2 nitrogen and oxygen atoms in total. The second-order valence-corrected chi connectivity index (χ2v) is 7.71. The van der Waals surface area contributed by atoms with Gasteiger partial charge in [0.1, 0.15) is 0 Å². The third-order valence-electron chi connectivity index (χ3n) is 5.96. The Morgan fingerprint density at radius 1 is 0.893 bits per heavy atom. The number of ether oxygens (including phenoxy) is 2. The molecule has 0 N–H and O–H groups in total. The van der Waals surface area contributed by atoms with Crippen molar-refractivity contribution in [3.8, 4) is 5.75 Å². The third kappa shape index (κ3) is 6.94. The first kappa shape index (κ1) is 24.7. The van der Waals surface area contributed by atoms with Gasteiger partial charge in [-0.05, 0) is 68.4 Å². The van der Waals surface area contributed by atoms with Crippen molar-refractivity contribution in [2.75, 3.05) is 14.0 Å². The monoisotopic (exact) mass is 410 g/mol. The number of benzene rings is 1. The van der Waals surface area contributed by atoms with E-state index in [0.717, 1.165) is 42.7 Å². The van der Waals surface area contributed by atoms with E-state index in [2.05, 4.69) is 11.7 Å². The molecule has 0 bridgehead atoms. The minimum Gasteiger partial charge on any atom is -0.494 e. The van der Waals surface area contributed by atoms with Gasteiger partial charge in [-0.15, -0.1) is 0 Å². The van der Waals surface area contributed by atoms with Crippen molar-refractivity contribution in [1.82, 2.24) is 0 Å². The second kappa shape index (κ2) is 12.3. The highest BCUT2D eigenvalue weighted by Gasteiger charge is 2.30. The number of hydrogen-bond acceptors (Lipinski definition) is 2. The lowest BCUT2D eigenvalue weighted by atomic mass is 9.71. The lowest BCUT2D eigenvalue weighted by Gasteiger charge is -2.36. The highest BCUT2D eigenvalue weighted by Crippen LogP contribution is 2.40. The smallest absolute Gasteiger partial charge is 0.203 e. The Morgan fingerprint density at radius 3 is 1.93 bits per heavy atom. The van der Waals surface area contributed by atoms with E-state index in [4.69, 9.17) is 4.74 Å². The lowest BCUT2D eigenvalue weighted by molar-refractivity contribution is -0.0345. The van der Waals surface area contributed by atoms with E-state index in [9.17, 15) is 17.6 Å². The van der Waals surface area contributed by atoms with Gasteiger partial charge in [0, 0.05) is 2.85 Å². The summed E-state index contributed by atoms with van der Waals surface area (Å²) in [5.74, 6) is -1.51. The van der Waals surface area contributed by atoms with E-state index in [-0.39, 0.29) is 22.1 Å². The number of alkyl halides is 1. The van der Waals surface area contributed by atoms with Crippen molar-refractivity contribution in [3.63, 3.8) is 0 Å². The molecule has 0 unspecified atom stereocenters. The third-order valence-corrected chi connectivity index (χ3v) is 5.96. The Labute approximate surface area is 169 Å². The van der Waals surface area contributed by atoms with Gasteiger partial charge in [-0.2, -0.15) is 4.39 Å². The Hall–Kier alpha value is -1.30. The summed E-state index contributed by atoms with van der Waals surface area (Å²) >= 11 is 0. The fourth-order valence-electron chi connectivity index (χ4n) is 4.24. The van der Waals surface area contributed by atoms with E-state index < -0.39 is 24.3 Å². The summed E-state index contributed by atoms with van der Waals surface area (Å²) in [6, 6.07) is 1.82. The molecule has 0 heterocycles. The van der Waals surface area contributed by atoms with Crippen molar-refractivity contribution >= 4 is 0 Å². The number of hydrogen-bond donors (Lipinski definition) is 0. The Kier molecular flexibility index (Phi) is 10.9. The molecule has 0 amide bonds. The van der Waals surface area contributed by atoms with Gasteiger partial charge >= 0.3 is 0 Å². The summed E-state index contributed by atoms with van der Waals surface area (Å²) in [7, 11) is 1.18. The standard InChI is InChI=1S/C14H25FO.C7H5F3O.CH4.2H2/c1-11-2-4-12(5-3-11)13-6-8-14(9-7-13)16-10-15;1-11-5-3-2-4(8)6(9)7(5)10;;;/h11-14H,2-10H2,1H3;2-3H,1H3;1H4;2*1H. The molecule has 0 spiro atoms. The number of methoxy groups -OCH3 is 1. The van der Waals surface area contributed by atoms with Crippen LogP contribution in [0.2, 0.25) is 0 Å². The highest BCUT2D eigenvalue weighted by atomic mass is 19.2. The molecule has 0 atom stereocenters. The molecule has 166 valence electrons. The average molecular weight is 411 g/mol. The number of rotatable bonds is 4. The zero-order valence-electron chi connectivity index (χ0n) is 16.2. The maximum atomic E-state index is 12.5. The zero-order valence-corrected chi connectivity index (χ0v) is 16.2. The van der Waals surface area contributed by atoms with Crippen LogP contribution in [-0.2, 0) is 4.74 Å². The molecule has 2 aliphatic rings. The minimum absolute atomic E-state index is 0. The predicted octanol–water partition coefficient (Wildman–Crippen LogP) is 7.56. The quantitative estimate of drug-likeness (QED) is 0.377. The van der Waals surface area contributed by atoms with Gasteiger partial charge in [0.15, 0.2) is 24.2 Å². The highest BCUT2D eigenvalue weighted by molar-refractivity contribution is 5.25. The normalized spacial score (nSPS) is 27.2. The first-order chi connectivity index (χ1) is 13.0. The van der Waals surface area contributed by atoms with E-state index in [1.807, 2.05) is 0 Å². The first-order valence-electron chi connectivity index (χ1n) is 9.81. The molecule has 1 aromatic rings. The lowest BCUT2D eigenvalue weighted by Crippen LogP contribution is -2.28. The van der Waals surface area contributed by atoms with Crippen LogP contribution in [-0.4, -0.2) is 20.1 Å². The topological polar surface area (TPSA) is 18.5 Å². The fraction of sp³-hybridized carbons (Fsp3) is 0.727. The van der Waals surface area contributed by atoms with Gasteiger partial charge in [0.25, 0.3) is 0 Å².